The van der Waals surface area contributed by atoms with Gasteiger partial charge in [-0.05, 0) is 31.2 Å². The fourth-order valence-electron chi connectivity index (χ4n) is 2.30. The number of hydrogen-bond acceptors (Lipinski definition) is 6. The molecule has 0 spiro atoms. The summed E-state index contributed by atoms with van der Waals surface area (Å²) in [4.78, 5) is 4.41. The zero-order valence-corrected chi connectivity index (χ0v) is 16.0. The molecule has 0 radical (unpaired) electrons. The molecule has 0 aliphatic rings. The maximum Gasteiger partial charge on any atom is 0.232 e. The molecule has 1 atom stereocenters. The summed E-state index contributed by atoms with van der Waals surface area (Å²) in [7, 11) is -0.437. The van der Waals surface area contributed by atoms with E-state index in [0.717, 1.165) is 12.0 Å². The number of anilines is 1. The highest BCUT2D eigenvalue weighted by atomic mass is 32.2. The van der Waals surface area contributed by atoms with Crippen LogP contribution in [0, 0.1) is 0 Å². The van der Waals surface area contributed by atoms with E-state index in [1.165, 1.54) is 7.11 Å². The van der Waals surface area contributed by atoms with Crippen LogP contribution in [0.2, 0.25) is 0 Å². The average molecular weight is 381 g/mol. The van der Waals surface area contributed by atoms with Gasteiger partial charge in [0.2, 0.25) is 16.0 Å². The Morgan fingerprint density at radius 2 is 1.96 bits per heavy atom. The van der Waals surface area contributed by atoms with Crippen LogP contribution in [0.25, 0.3) is 0 Å². The van der Waals surface area contributed by atoms with Gasteiger partial charge in [-0.15, -0.1) is 0 Å². The zero-order valence-electron chi connectivity index (χ0n) is 15.1. The van der Waals surface area contributed by atoms with E-state index in [0.29, 0.717) is 23.6 Å². The molecule has 9 heteroatoms. The molecule has 0 aliphatic heterocycles. The zero-order chi connectivity index (χ0) is 19.2. The molecule has 0 saturated heterocycles. The number of aliphatic imine (C=N–C) groups is 1. The van der Waals surface area contributed by atoms with Gasteiger partial charge in [0.15, 0.2) is 11.5 Å². The van der Waals surface area contributed by atoms with Gasteiger partial charge in [0.25, 0.3) is 0 Å². The Morgan fingerprint density at radius 3 is 2.54 bits per heavy atom. The Balaban J connectivity index is 2.22. The molecule has 0 saturated carbocycles. The second-order valence-electron chi connectivity index (χ2n) is 5.68. The van der Waals surface area contributed by atoms with E-state index < -0.39 is 10.0 Å². The van der Waals surface area contributed by atoms with Crippen LogP contribution in [-0.4, -0.2) is 40.9 Å². The van der Waals surface area contributed by atoms with Gasteiger partial charge in [-0.1, -0.05) is 0 Å². The molecule has 2 N–H and O–H groups in total. The molecule has 1 aromatic carbocycles. The third kappa shape index (κ3) is 5.99. The van der Waals surface area contributed by atoms with Crippen molar-refractivity contribution in [2.24, 2.45) is 4.99 Å². The van der Waals surface area contributed by atoms with Crippen LogP contribution in [0.15, 0.2) is 46.0 Å². The molecule has 2 rings (SSSR count). The summed E-state index contributed by atoms with van der Waals surface area (Å²) in [5.74, 6) is 1.96. The van der Waals surface area contributed by atoms with E-state index in [1.807, 2.05) is 13.0 Å². The minimum absolute atomic E-state index is 0.110. The van der Waals surface area contributed by atoms with E-state index in [-0.39, 0.29) is 12.0 Å². The second-order valence-corrected chi connectivity index (χ2v) is 7.43. The first-order valence-electron chi connectivity index (χ1n) is 7.87. The van der Waals surface area contributed by atoms with E-state index in [4.69, 9.17) is 13.9 Å². The summed E-state index contributed by atoms with van der Waals surface area (Å²) in [6.07, 6.45) is 3.19. The molecule has 0 bridgehead atoms. The van der Waals surface area contributed by atoms with Gasteiger partial charge in [-0.3, -0.25) is 4.72 Å². The third-order valence-corrected chi connectivity index (χ3v) is 3.92. The highest BCUT2D eigenvalue weighted by Crippen LogP contribution is 2.29. The molecule has 0 aliphatic carbocycles. The molecule has 0 fully saturated rings. The lowest BCUT2D eigenvalue weighted by molar-refractivity contribution is 0.355. The number of guanidine groups is 1. The van der Waals surface area contributed by atoms with Crippen molar-refractivity contribution in [3.05, 3.63) is 42.4 Å². The molecule has 0 amide bonds. The lowest BCUT2D eigenvalue weighted by atomic mass is 10.2. The smallest absolute Gasteiger partial charge is 0.232 e. The quantitative estimate of drug-likeness (QED) is 0.563. The largest absolute Gasteiger partial charge is 0.493 e. The molecule has 2 aromatic rings. The molecule has 1 unspecified atom stereocenters. The normalized spacial score (nSPS) is 13.2. The van der Waals surface area contributed by atoms with Crippen molar-refractivity contribution in [3.8, 4) is 11.5 Å². The number of nitrogens with zero attached hydrogens (tertiary/aromatic N) is 1. The Hall–Kier alpha value is -2.68. The van der Waals surface area contributed by atoms with E-state index in [9.17, 15) is 8.42 Å². The monoisotopic (exact) mass is 381 g/mol. The third-order valence-electron chi connectivity index (χ3n) is 3.35. The molecule has 8 nitrogen and oxygen atoms in total. The van der Waals surface area contributed by atoms with Crippen LogP contribution >= 0.6 is 0 Å². The highest BCUT2D eigenvalue weighted by Gasteiger charge is 2.12. The van der Waals surface area contributed by atoms with Crippen molar-refractivity contribution < 1.29 is 22.3 Å². The Morgan fingerprint density at radius 1 is 1.23 bits per heavy atom. The maximum absolute atomic E-state index is 11.7. The molecule has 26 heavy (non-hydrogen) atoms. The Labute approximate surface area is 153 Å². The summed E-state index contributed by atoms with van der Waals surface area (Å²) < 4.78 is 41.5. The van der Waals surface area contributed by atoms with E-state index >= 15 is 0 Å². The minimum Gasteiger partial charge on any atom is -0.493 e. The van der Waals surface area contributed by atoms with Gasteiger partial charge in [-0.2, -0.15) is 0 Å². The summed E-state index contributed by atoms with van der Waals surface area (Å²) in [5.41, 5.74) is 0.600. The van der Waals surface area contributed by atoms with Gasteiger partial charge in [0.1, 0.15) is 5.76 Å². The Bertz CT molecular complexity index is 847. The lowest BCUT2D eigenvalue weighted by Gasteiger charge is -2.15. The predicted octanol–water partition coefficient (Wildman–Crippen LogP) is 2.25. The number of nitrogens with one attached hydrogen (secondary N) is 2. The second kappa shape index (κ2) is 8.61. The maximum atomic E-state index is 11.7. The number of ether oxygens (including phenoxy) is 2. The minimum atomic E-state index is -3.50. The Kier molecular flexibility index (Phi) is 6.51. The van der Waals surface area contributed by atoms with Crippen molar-refractivity contribution in [2.45, 2.75) is 19.4 Å². The van der Waals surface area contributed by atoms with Crippen LogP contribution in [-0.2, 0) is 16.4 Å². The standard InChI is InChI=1S/C17H23N3O5S/c1-12(10-14-6-5-9-25-14)18-17(20-26(4,21)22)19-13-7-8-15(23-2)16(11-13)24-3/h5-9,11-12H,10H2,1-4H3,(H2,18,19,20). The molecule has 1 aromatic heterocycles. The molecule has 142 valence electrons. The van der Waals surface area contributed by atoms with Crippen LogP contribution in [0.4, 0.5) is 5.69 Å². The summed E-state index contributed by atoms with van der Waals surface area (Å²) in [5, 5.41) is 2.97. The molecular weight excluding hydrogens is 358 g/mol. The number of benzene rings is 1. The number of hydrogen-bond donors (Lipinski definition) is 2. The topological polar surface area (TPSA) is 102 Å². The highest BCUT2D eigenvalue weighted by molar-refractivity contribution is 7.89. The fourth-order valence-corrected chi connectivity index (χ4v) is 2.75. The fraction of sp³-hybridized carbons (Fsp3) is 0.353. The van der Waals surface area contributed by atoms with Gasteiger partial charge in [-0.25, -0.2) is 13.4 Å². The number of furan rings is 1. The number of rotatable bonds is 7. The van der Waals surface area contributed by atoms with Crippen molar-refractivity contribution in [3.63, 3.8) is 0 Å². The van der Waals surface area contributed by atoms with Crippen molar-refractivity contribution in [1.82, 2.24) is 4.72 Å². The van der Waals surface area contributed by atoms with E-state index in [1.54, 1.807) is 37.6 Å². The van der Waals surface area contributed by atoms with Gasteiger partial charge in [0.05, 0.1) is 32.8 Å². The van der Waals surface area contributed by atoms with Gasteiger partial charge in [0, 0.05) is 18.2 Å². The molecular formula is C17H23N3O5S. The first kappa shape index (κ1) is 19.6. The summed E-state index contributed by atoms with van der Waals surface area (Å²) in [6.45, 7) is 1.86. The van der Waals surface area contributed by atoms with E-state index in [2.05, 4.69) is 15.0 Å². The SMILES string of the molecule is COc1ccc(NC(=NC(C)Cc2ccco2)NS(C)(=O)=O)cc1OC. The van der Waals surface area contributed by atoms with Crippen molar-refractivity contribution in [1.29, 1.82) is 0 Å². The number of sulfonamides is 1. The van der Waals surface area contributed by atoms with Gasteiger partial charge >= 0.3 is 0 Å². The van der Waals surface area contributed by atoms with Crippen molar-refractivity contribution in [2.75, 3.05) is 25.8 Å². The predicted molar refractivity (Wildman–Crippen MR) is 100 cm³/mol. The lowest BCUT2D eigenvalue weighted by Crippen LogP contribution is -2.36. The number of methoxy groups -OCH3 is 2. The average Bonchev–Trinajstić information content (AvgIpc) is 3.05. The van der Waals surface area contributed by atoms with Gasteiger partial charge < -0.3 is 19.2 Å². The van der Waals surface area contributed by atoms with Crippen molar-refractivity contribution >= 4 is 21.7 Å². The summed E-state index contributed by atoms with van der Waals surface area (Å²) in [6, 6.07) is 8.57. The van der Waals surface area contributed by atoms with Crippen LogP contribution in [0.1, 0.15) is 12.7 Å². The van der Waals surface area contributed by atoms with Crippen LogP contribution in [0.5, 0.6) is 11.5 Å². The summed E-state index contributed by atoms with van der Waals surface area (Å²) >= 11 is 0. The first-order valence-corrected chi connectivity index (χ1v) is 9.77. The first-order chi connectivity index (χ1) is 12.3. The van der Waals surface area contributed by atoms with Crippen LogP contribution in [0.3, 0.4) is 0 Å². The van der Waals surface area contributed by atoms with Crippen LogP contribution < -0.4 is 19.5 Å². The molecule has 1 heterocycles.